The molecule has 1 aromatic heterocycles. The smallest absolute Gasteiger partial charge is 0.160 e. The van der Waals surface area contributed by atoms with Gasteiger partial charge in [0.2, 0.25) is 0 Å². The van der Waals surface area contributed by atoms with Gasteiger partial charge in [-0.1, -0.05) is 194 Å². The van der Waals surface area contributed by atoms with Gasteiger partial charge in [0.05, 0.1) is 16.8 Å². The fraction of sp³-hybridized carbons (Fsp3) is 0.0175. The third-order valence-corrected chi connectivity index (χ3v) is 12.1. The number of nitrogens with two attached hydrogens (primary N) is 1. The van der Waals surface area contributed by atoms with Crippen LogP contribution in [0.3, 0.4) is 0 Å². The van der Waals surface area contributed by atoms with E-state index in [4.69, 9.17) is 15.7 Å². The van der Waals surface area contributed by atoms with Gasteiger partial charge < -0.3 is 5.73 Å². The molecule has 0 bridgehead atoms. The highest BCUT2D eigenvalue weighted by Gasteiger charge is 2.46. The normalized spacial score (nSPS) is 12.5. The van der Waals surface area contributed by atoms with Crippen LogP contribution in [0.4, 0.5) is 5.69 Å². The maximum atomic E-state index is 6.09. The number of nitrogen functional groups attached to an aromatic ring is 1. The van der Waals surface area contributed by atoms with Crippen molar-refractivity contribution in [2.24, 2.45) is 0 Å². The molecule has 0 atom stereocenters. The summed E-state index contributed by atoms with van der Waals surface area (Å²) in [6.45, 7) is 0. The topological polar surface area (TPSA) is 51.8 Å². The van der Waals surface area contributed by atoms with Crippen LogP contribution in [0.15, 0.2) is 224 Å². The van der Waals surface area contributed by atoms with Crippen molar-refractivity contribution < 1.29 is 0 Å². The first-order valence-corrected chi connectivity index (χ1v) is 20.4. The van der Waals surface area contributed by atoms with Crippen molar-refractivity contribution in [3.63, 3.8) is 0 Å². The van der Waals surface area contributed by atoms with Crippen LogP contribution in [0, 0.1) is 0 Å². The first kappa shape index (κ1) is 35.3. The Hall–Kier alpha value is -7.88. The highest BCUT2D eigenvalue weighted by atomic mass is 14.9. The van der Waals surface area contributed by atoms with Crippen LogP contribution in [-0.2, 0) is 5.41 Å². The van der Waals surface area contributed by atoms with E-state index in [9.17, 15) is 0 Å². The maximum Gasteiger partial charge on any atom is 0.160 e. The monoisotopic (exact) mass is 765 g/mol. The number of benzene rings is 9. The van der Waals surface area contributed by atoms with E-state index in [0.29, 0.717) is 5.82 Å². The summed E-state index contributed by atoms with van der Waals surface area (Å²) in [6, 6.07) is 80.2. The van der Waals surface area contributed by atoms with Gasteiger partial charge >= 0.3 is 0 Å². The molecule has 11 rings (SSSR count). The summed E-state index contributed by atoms with van der Waals surface area (Å²) >= 11 is 0. The molecule has 60 heavy (non-hydrogen) atoms. The largest absolute Gasteiger partial charge is 0.399 e. The number of nitrogens with zero attached hydrogens (tertiary/aromatic N) is 2. The highest BCUT2D eigenvalue weighted by Crippen LogP contribution is 2.57. The fourth-order valence-corrected chi connectivity index (χ4v) is 9.35. The van der Waals surface area contributed by atoms with Gasteiger partial charge in [0, 0.05) is 22.4 Å². The van der Waals surface area contributed by atoms with Crippen molar-refractivity contribution in [3.8, 4) is 67.3 Å². The van der Waals surface area contributed by atoms with E-state index in [1.807, 2.05) is 24.3 Å². The molecule has 0 aliphatic heterocycles. The van der Waals surface area contributed by atoms with Crippen molar-refractivity contribution in [3.05, 3.63) is 247 Å². The summed E-state index contributed by atoms with van der Waals surface area (Å²) < 4.78 is 0. The minimum atomic E-state index is -0.627. The molecule has 0 amide bonds. The molecule has 1 aliphatic rings. The van der Waals surface area contributed by atoms with Crippen molar-refractivity contribution in [2.45, 2.75) is 5.41 Å². The summed E-state index contributed by atoms with van der Waals surface area (Å²) in [4.78, 5) is 10.5. The maximum absolute atomic E-state index is 6.09. The SMILES string of the molecule is Nc1ccc(-c2ccc(-c3ccc4c(c3)C(c3ccccc3)(c3ccccc3)c3cc(-c5nc(-c6ccccc6)cc(-c6ccccc6)n5)ccc3-4)c3ccccc23)cc1. The van der Waals surface area contributed by atoms with Crippen LogP contribution in [0.5, 0.6) is 0 Å². The van der Waals surface area contributed by atoms with Gasteiger partial charge in [-0.3, -0.25) is 0 Å². The Balaban J connectivity index is 1.15. The lowest BCUT2D eigenvalue weighted by Crippen LogP contribution is -2.28. The highest BCUT2D eigenvalue weighted by molar-refractivity contribution is 6.05. The van der Waals surface area contributed by atoms with E-state index in [1.54, 1.807) is 0 Å². The average molecular weight is 766 g/mol. The Labute approximate surface area is 350 Å². The minimum absolute atomic E-state index is 0.627. The van der Waals surface area contributed by atoms with Crippen LogP contribution in [0.2, 0.25) is 0 Å². The van der Waals surface area contributed by atoms with E-state index in [2.05, 4.69) is 200 Å². The van der Waals surface area contributed by atoms with Crippen molar-refractivity contribution in [1.29, 1.82) is 0 Å². The molecule has 0 spiro atoms. The Morgan fingerprint density at radius 3 is 1.23 bits per heavy atom. The summed E-state index contributed by atoms with van der Waals surface area (Å²) in [5.41, 5.74) is 23.1. The molecule has 282 valence electrons. The molecule has 1 heterocycles. The number of rotatable bonds is 7. The van der Waals surface area contributed by atoms with E-state index in [0.717, 1.165) is 39.3 Å². The van der Waals surface area contributed by atoms with Gasteiger partial charge in [0.1, 0.15) is 0 Å². The molecule has 9 aromatic carbocycles. The van der Waals surface area contributed by atoms with Gasteiger partial charge in [0.25, 0.3) is 0 Å². The predicted molar refractivity (Wildman–Crippen MR) is 248 cm³/mol. The zero-order chi connectivity index (χ0) is 40.0. The van der Waals surface area contributed by atoms with E-state index < -0.39 is 5.41 Å². The van der Waals surface area contributed by atoms with Gasteiger partial charge in [-0.2, -0.15) is 0 Å². The van der Waals surface area contributed by atoms with Crippen LogP contribution in [-0.4, -0.2) is 9.97 Å². The third-order valence-electron chi connectivity index (χ3n) is 12.1. The molecular weight excluding hydrogens is 727 g/mol. The lowest BCUT2D eigenvalue weighted by molar-refractivity contribution is 0.769. The fourth-order valence-electron chi connectivity index (χ4n) is 9.35. The number of hydrogen-bond donors (Lipinski definition) is 1. The van der Waals surface area contributed by atoms with Gasteiger partial charge in [-0.05, 0) is 96.7 Å². The van der Waals surface area contributed by atoms with Crippen LogP contribution in [0.25, 0.3) is 78.1 Å². The van der Waals surface area contributed by atoms with Crippen molar-refractivity contribution in [1.82, 2.24) is 9.97 Å². The Bertz CT molecular complexity index is 3080. The summed E-state index contributed by atoms with van der Waals surface area (Å²) in [5.74, 6) is 0.692. The third kappa shape index (κ3) is 5.82. The van der Waals surface area contributed by atoms with Gasteiger partial charge in [-0.25, -0.2) is 9.97 Å². The number of anilines is 1. The quantitative estimate of drug-likeness (QED) is 0.164. The zero-order valence-corrected chi connectivity index (χ0v) is 32.8. The Kier molecular flexibility index (Phi) is 8.53. The number of aromatic nitrogens is 2. The second-order valence-corrected chi connectivity index (χ2v) is 15.5. The summed E-state index contributed by atoms with van der Waals surface area (Å²) in [7, 11) is 0. The molecule has 0 saturated heterocycles. The number of hydrogen-bond acceptors (Lipinski definition) is 3. The van der Waals surface area contributed by atoms with E-state index in [1.165, 1.54) is 60.8 Å². The lowest BCUT2D eigenvalue weighted by atomic mass is 9.67. The Morgan fingerprint density at radius 2 is 0.717 bits per heavy atom. The summed E-state index contributed by atoms with van der Waals surface area (Å²) in [5, 5.41) is 2.41. The summed E-state index contributed by atoms with van der Waals surface area (Å²) in [6.07, 6.45) is 0. The number of fused-ring (bicyclic) bond motifs is 4. The lowest BCUT2D eigenvalue weighted by Gasteiger charge is -2.34. The first-order valence-electron chi connectivity index (χ1n) is 20.4. The van der Waals surface area contributed by atoms with Crippen molar-refractivity contribution in [2.75, 3.05) is 5.73 Å². The molecule has 2 N–H and O–H groups in total. The molecule has 3 nitrogen and oxygen atoms in total. The molecule has 0 saturated carbocycles. The van der Waals surface area contributed by atoms with E-state index >= 15 is 0 Å². The van der Waals surface area contributed by atoms with Crippen LogP contribution >= 0.6 is 0 Å². The Morgan fingerprint density at radius 1 is 0.317 bits per heavy atom. The second kappa shape index (κ2) is 14.5. The van der Waals surface area contributed by atoms with E-state index in [-0.39, 0.29) is 0 Å². The standard InChI is InChI=1S/C57H39N3/c58-45-29-25-38(26-30-45)46-33-34-47(49-24-14-13-23-48(46)49)41-27-31-50-51-32-28-42(56-59-54(39-15-5-1-6-16-39)37-55(60-56)40-17-7-2-8-18-40)36-53(51)57(52(50)35-41,43-19-9-3-10-20-43)44-21-11-4-12-22-44/h1-37H,58H2. The van der Waals surface area contributed by atoms with Gasteiger partial charge in [-0.15, -0.1) is 0 Å². The zero-order valence-electron chi connectivity index (χ0n) is 32.8. The molecule has 1 aliphatic carbocycles. The van der Waals surface area contributed by atoms with Crippen LogP contribution < -0.4 is 5.73 Å². The van der Waals surface area contributed by atoms with Crippen molar-refractivity contribution >= 4 is 16.5 Å². The minimum Gasteiger partial charge on any atom is -0.399 e. The molecule has 10 aromatic rings. The molecule has 0 unspecified atom stereocenters. The molecule has 0 radical (unpaired) electrons. The molecule has 0 fully saturated rings. The molecular formula is C57H39N3. The molecule has 3 heteroatoms. The second-order valence-electron chi connectivity index (χ2n) is 15.5. The van der Waals surface area contributed by atoms with Crippen LogP contribution in [0.1, 0.15) is 22.3 Å². The van der Waals surface area contributed by atoms with Gasteiger partial charge in [0.15, 0.2) is 5.82 Å². The first-order chi connectivity index (χ1) is 29.6. The average Bonchev–Trinajstić information content (AvgIpc) is 3.62. The predicted octanol–water partition coefficient (Wildman–Crippen LogP) is 13.9.